The van der Waals surface area contributed by atoms with E-state index in [0.29, 0.717) is 13.1 Å². The van der Waals surface area contributed by atoms with Crippen LogP contribution in [0.1, 0.15) is 23.2 Å². The lowest BCUT2D eigenvalue weighted by atomic mass is 10.0. The van der Waals surface area contributed by atoms with Crippen molar-refractivity contribution in [3.05, 3.63) is 39.7 Å². The van der Waals surface area contributed by atoms with Crippen LogP contribution in [0.4, 0.5) is 10.1 Å². The maximum atomic E-state index is 13.8. The number of nitro groups is 1. The summed E-state index contributed by atoms with van der Waals surface area (Å²) in [6.07, 6.45) is 1.83. The highest BCUT2D eigenvalue weighted by Gasteiger charge is 2.26. The maximum absolute atomic E-state index is 13.8. The lowest BCUT2D eigenvalue weighted by Crippen LogP contribution is -2.47. The van der Waals surface area contributed by atoms with Crippen molar-refractivity contribution >= 4 is 11.6 Å². The van der Waals surface area contributed by atoms with E-state index in [1.165, 1.54) is 6.07 Å². The number of nitrogens with one attached hydrogen (secondary N) is 1. The third kappa shape index (κ3) is 2.93. The Hall–Kier alpha value is -2.02. The van der Waals surface area contributed by atoms with E-state index in [9.17, 15) is 19.3 Å². The number of carbonyl (C=O) groups excluding carboxylic acids is 1. The van der Waals surface area contributed by atoms with Gasteiger partial charge in [-0.2, -0.15) is 0 Å². The van der Waals surface area contributed by atoms with E-state index in [1.54, 1.807) is 4.90 Å². The Morgan fingerprint density at radius 3 is 2.90 bits per heavy atom. The van der Waals surface area contributed by atoms with Crippen LogP contribution in [0.2, 0.25) is 0 Å². The Kier molecular flexibility index (Phi) is 4.29. The first-order valence-corrected chi connectivity index (χ1v) is 6.43. The predicted octanol–water partition coefficient (Wildman–Crippen LogP) is 1.56. The normalized spacial score (nSPS) is 18.9. The largest absolute Gasteiger partial charge is 0.337 e. The SMILES string of the molecule is CNC1CCCN(C(=O)c2ccc([N+](=O)[O-])cc2F)C1. The van der Waals surface area contributed by atoms with Crippen LogP contribution in [0.5, 0.6) is 0 Å². The van der Waals surface area contributed by atoms with Crippen molar-refractivity contribution in [1.82, 2.24) is 10.2 Å². The summed E-state index contributed by atoms with van der Waals surface area (Å²) in [4.78, 5) is 23.7. The molecule has 0 aromatic heterocycles. The van der Waals surface area contributed by atoms with Crippen molar-refractivity contribution in [3.8, 4) is 0 Å². The number of carbonyl (C=O) groups is 1. The number of benzene rings is 1. The average molecular weight is 281 g/mol. The van der Waals surface area contributed by atoms with Crippen LogP contribution in [0.3, 0.4) is 0 Å². The van der Waals surface area contributed by atoms with Crippen LogP contribution in [0.15, 0.2) is 18.2 Å². The minimum absolute atomic E-state index is 0.118. The van der Waals surface area contributed by atoms with Gasteiger partial charge in [0.05, 0.1) is 16.6 Å². The number of halogens is 1. The van der Waals surface area contributed by atoms with Gasteiger partial charge < -0.3 is 10.2 Å². The van der Waals surface area contributed by atoms with Gasteiger partial charge in [-0.1, -0.05) is 0 Å². The summed E-state index contributed by atoms with van der Waals surface area (Å²) < 4.78 is 13.8. The first-order valence-electron chi connectivity index (χ1n) is 6.43. The topological polar surface area (TPSA) is 75.5 Å². The molecule has 1 atom stereocenters. The van der Waals surface area contributed by atoms with Crippen molar-refractivity contribution in [2.24, 2.45) is 0 Å². The zero-order chi connectivity index (χ0) is 14.7. The number of nitrogens with zero attached hydrogens (tertiary/aromatic N) is 2. The molecule has 1 N–H and O–H groups in total. The van der Waals surface area contributed by atoms with Crippen LogP contribution < -0.4 is 5.32 Å². The van der Waals surface area contributed by atoms with Crippen molar-refractivity contribution in [3.63, 3.8) is 0 Å². The molecule has 108 valence electrons. The summed E-state index contributed by atoms with van der Waals surface area (Å²) in [6, 6.07) is 3.32. The average Bonchev–Trinajstić information content (AvgIpc) is 2.46. The summed E-state index contributed by atoms with van der Waals surface area (Å²) in [6.45, 7) is 1.10. The molecule has 6 nitrogen and oxygen atoms in total. The maximum Gasteiger partial charge on any atom is 0.272 e. The van der Waals surface area contributed by atoms with Crippen molar-refractivity contribution in [2.45, 2.75) is 18.9 Å². The Morgan fingerprint density at radius 2 is 2.30 bits per heavy atom. The number of likely N-dealkylation sites (tertiary alicyclic amines) is 1. The molecule has 7 heteroatoms. The van der Waals surface area contributed by atoms with Gasteiger partial charge in [-0.05, 0) is 26.0 Å². The zero-order valence-electron chi connectivity index (χ0n) is 11.1. The van der Waals surface area contributed by atoms with E-state index >= 15 is 0 Å². The van der Waals surface area contributed by atoms with E-state index in [0.717, 1.165) is 25.0 Å². The van der Waals surface area contributed by atoms with Crippen LogP contribution in [-0.2, 0) is 0 Å². The fourth-order valence-corrected chi connectivity index (χ4v) is 2.36. The van der Waals surface area contributed by atoms with Crippen molar-refractivity contribution in [2.75, 3.05) is 20.1 Å². The molecule has 20 heavy (non-hydrogen) atoms. The number of amides is 1. The van der Waals surface area contributed by atoms with E-state index in [4.69, 9.17) is 0 Å². The smallest absolute Gasteiger partial charge is 0.272 e. The van der Waals surface area contributed by atoms with E-state index in [-0.39, 0.29) is 17.3 Å². The van der Waals surface area contributed by atoms with Crippen LogP contribution in [-0.4, -0.2) is 41.9 Å². The molecule has 1 aromatic carbocycles. The molecule has 1 heterocycles. The predicted molar refractivity (Wildman–Crippen MR) is 71.0 cm³/mol. The molecular formula is C13H16FN3O3. The van der Waals surface area contributed by atoms with Crippen LogP contribution in [0, 0.1) is 15.9 Å². The first-order chi connectivity index (χ1) is 9.52. The summed E-state index contributed by atoms with van der Waals surface area (Å²) in [5.74, 6) is -1.27. The number of hydrogen-bond acceptors (Lipinski definition) is 4. The molecule has 0 bridgehead atoms. The minimum Gasteiger partial charge on any atom is -0.337 e. The van der Waals surface area contributed by atoms with E-state index < -0.39 is 16.6 Å². The number of likely N-dealkylation sites (N-methyl/N-ethyl adjacent to an activating group) is 1. The Labute approximate surface area is 115 Å². The summed E-state index contributed by atoms with van der Waals surface area (Å²) in [7, 11) is 1.82. The van der Waals surface area contributed by atoms with Gasteiger partial charge in [0.2, 0.25) is 0 Å². The van der Waals surface area contributed by atoms with E-state index in [1.807, 2.05) is 7.05 Å². The first kappa shape index (κ1) is 14.4. The molecule has 1 fully saturated rings. The standard InChI is InChI=1S/C13H16FN3O3/c1-15-9-3-2-6-16(8-9)13(18)11-5-4-10(17(19)20)7-12(11)14/h4-5,7,9,15H,2-3,6,8H2,1H3. The third-order valence-electron chi connectivity index (χ3n) is 3.51. The third-order valence-corrected chi connectivity index (χ3v) is 3.51. The molecular weight excluding hydrogens is 265 g/mol. The molecule has 1 amide bonds. The zero-order valence-corrected chi connectivity index (χ0v) is 11.1. The molecule has 1 aromatic rings. The van der Waals surface area contributed by atoms with E-state index in [2.05, 4.69) is 5.32 Å². The second-order valence-electron chi connectivity index (χ2n) is 4.80. The quantitative estimate of drug-likeness (QED) is 0.674. The van der Waals surface area contributed by atoms with Gasteiger partial charge in [0.25, 0.3) is 11.6 Å². The molecule has 1 aliphatic rings. The Balaban J connectivity index is 2.18. The Bertz CT molecular complexity index is 536. The number of non-ortho nitro benzene ring substituents is 1. The van der Waals surface area contributed by atoms with Crippen molar-refractivity contribution < 1.29 is 14.1 Å². The molecule has 0 saturated carbocycles. The number of hydrogen-bond donors (Lipinski definition) is 1. The van der Waals surface area contributed by atoms with Gasteiger partial charge in [-0.25, -0.2) is 4.39 Å². The van der Waals surface area contributed by atoms with Gasteiger partial charge in [-0.3, -0.25) is 14.9 Å². The molecule has 1 saturated heterocycles. The molecule has 0 spiro atoms. The number of rotatable bonds is 3. The molecule has 0 radical (unpaired) electrons. The van der Waals surface area contributed by atoms with Gasteiger partial charge in [-0.15, -0.1) is 0 Å². The molecule has 2 rings (SSSR count). The van der Waals surface area contributed by atoms with Gasteiger partial charge in [0.15, 0.2) is 0 Å². The molecule has 1 aliphatic heterocycles. The summed E-state index contributed by atoms with van der Waals surface area (Å²) >= 11 is 0. The summed E-state index contributed by atoms with van der Waals surface area (Å²) in [5.41, 5.74) is -0.474. The fraction of sp³-hybridized carbons (Fsp3) is 0.462. The van der Waals surface area contributed by atoms with Crippen LogP contribution >= 0.6 is 0 Å². The number of piperidine rings is 1. The highest BCUT2D eigenvalue weighted by Crippen LogP contribution is 2.20. The monoisotopic (exact) mass is 281 g/mol. The fourth-order valence-electron chi connectivity index (χ4n) is 2.36. The summed E-state index contributed by atoms with van der Waals surface area (Å²) in [5, 5.41) is 13.7. The highest BCUT2D eigenvalue weighted by molar-refractivity contribution is 5.94. The molecule has 1 unspecified atom stereocenters. The lowest BCUT2D eigenvalue weighted by molar-refractivity contribution is -0.385. The molecule has 0 aliphatic carbocycles. The van der Waals surface area contributed by atoms with Crippen LogP contribution in [0.25, 0.3) is 0 Å². The van der Waals surface area contributed by atoms with Crippen molar-refractivity contribution in [1.29, 1.82) is 0 Å². The van der Waals surface area contributed by atoms with Gasteiger partial charge >= 0.3 is 0 Å². The highest BCUT2D eigenvalue weighted by atomic mass is 19.1. The minimum atomic E-state index is -0.851. The second-order valence-corrected chi connectivity index (χ2v) is 4.80. The van der Waals surface area contributed by atoms with Gasteiger partial charge in [0, 0.05) is 25.2 Å². The lowest BCUT2D eigenvalue weighted by Gasteiger charge is -2.32. The van der Waals surface area contributed by atoms with Gasteiger partial charge in [0.1, 0.15) is 5.82 Å². The number of nitro benzene ring substituents is 1. The second kappa shape index (κ2) is 5.96. The Morgan fingerprint density at radius 1 is 1.55 bits per heavy atom.